The van der Waals surface area contributed by atoms with E-state index >= 15 is 0 Å². The van der Waals surface area contributed by atoms with Crippen LogP contribution in [-0.2, 0) is 10.5 Å². The number of rotatable bonds is 7. The van der Waals surface area contributed by atoms with Gasteiger partial charge in [0.25, 0.3) is 5.91 Å². The number of benzene rings is 1. The van der Waals surface area contributed by atoms with Gasteiger partial charge >= 0.3 is 0 Å². The number of nitrogens with two attached hydrogens (primary N) is 1. The molecule has 116 valence electrons. The van der Waals surface area contributed by atoms with Crippen molar-refractivity contribution in [1.82, 2.24) is 0 Å². The maximum Gasteiger partial charge on any atom is 0.250 e. The van der Waals surface area contributed by atoms with Gasteiger partial charge in [-0.05, 0) is 30.7 Å². The zero-order chi connectivity index (χ0) is 15.9. The summed E-state index contributed by atoms with van der Waals surface area (Å²) < 4.78 is 5.26. The van der Waals surface area contributed by atoms with Gasteiger partial charge < -0.3 is 15.5 Å². The number of para-hydroxylation sites is 1. The van der Waals surface area contributed by atoms with Crippen LogP contribution < -0.4 is 11.1 Å². The number of amides is 2. The number of thioether (sulfide) groups is 1. The number of anilines is 1. The SMILES string of the molecule is CCC(SCc1ccco1)C(=O)Nc1ccccc1C(N)=O. The van der Waals surface area contributed by atoms with Gasteiger partial charge in [-0.1, -0.05) is 19.1 Å². The summed E-state index contributed by atoms with van der Waals surface area (Å²) in [6, 6.07) is 10.4. The molecule has 1 aromatic heterocycles. The second-order valence-corrected chi connectivity index (χ2v) is 5.88. The quantitative estimate of drug-likeness (QED) is 0.821. The molecule has 5 nitrogen and oxygen atoms in total. The van der Waals surface area contributed by atoms with Crippen LogP contribution in [-0.4, -0.2) is 17.1 Å². The minimum absolute atomic E-state index is 0.146. The van der Waals surface area contributed by atoms with Crippen molar-refractivity contribution in [2.24, 2.45) is 5.73 Å². The molecule has 2 amide bonds. The first kappa shape index (κ1) is 16.2. The molecule has 3 N–H and O–H groups in total. The Morgan fingerprint density at radius 1 is 1.27 bits per heavy atom. The molecule has 1 aromatic carbocycles. The smallest absolute Gasteiger partial charge is 0.250 e. The Hall–Kier alpha value is -2.21. The van der Waals surface area contributed by atoms with Crippen LogP contribution in [0.1, 0.15) is 29.5 Å². The summed E-state index contributed by atoms with van der Waals surface area (Å²) in [5.41, 5.74) is 6.06. The van der Waals surface area contributed by atoms with E-state index in [-0.39, 0.29) is 11.2 Å². The first-order chi connectivity index (χ1) is 10.6. The Balaban J connectivity index is 2.01. The number of carbonyl (C=O) groups excluding carboxylic acids is 2. The molecule has 0 bridgehead atoms. The van der Waals surface area contributed by atoms with Crippen LogP contribution in [0.5, 0.6) is 0 Å². The highest BCUT2D eigenvalue weighted by Gasteiger charge is 2.19. The zero-order valence-corrected chi connectivity index (χ0v) is 13.1. The number of primary amides is 1. The molecule has 0 saturated heterocycles. The summed E-state index contributed by atoms with van der Waals surface area (Å²) in [7, 11) is 0. The lowest BCUT2D eigenvalue weighted by atomic mass is 10.1. The molecule has 2 aromatic rings. The maximum atomic E-state index is 12.4. The highest BCUT2D eigenvalue weighted by molar-refractivity contribution is 7.99. The minimum atomic E-state index is -0.563. The largest absolute Gasteiger partial charge is 0.468 e. The van der Waals surface area contributed by atoms with E-state index in [0.717, 1.165) is 5.76 Å². The van der Waals surface area contributed by atoms with Crippen molar-refractivity contribution < 1.29 is 14.0 Å². The Morgan fingerprint density at radius 3 is 2.68 bits per heavy atom. The second kappa shape index (κ2) is 7.70. The molecule has 6 heteroatoms. The van der Waals surface area contributed by atoms with Gasteiger partial charge in [0, 0.05) is 0 Å². The van der Waals surface area contributed by atoms with Crippen LogP contribution in [0, 0.1) is 0 Å². The molecule has 0 aliphatic heterocycles. The van der Waals surface area contributed by atoms with Gasteiger partial charge in [-0.2, -0.15) is 0 Å². The second-order valence-electron chi connectivity index (χ2n) is 4.69. The highest BCUT2D eigenvalue weighted by Crippen LogP contribution is 2.23. The molecule has 0 saturated carbocycles. The van der Waals surface area contributed by atoms with Gasteiger partial charge in [0.05, 0.1) is 28.5 Å². The van der Waals surface area contributed by atoms with E-state index in [1.165, 1.54) is 11.8 Å². The summed E-state index contributed by atoms with van der Waals surface area (Å²) >= 11 is 1.50. The molecule has 0 radical (unpaired) electrons. The van der Waals surface area contributed by atoms with Gasteiger partial charge in [-0.15, -0.1) is 11.8 Å². The van der Waals surface area contributed by atoms with Crippen molar-refractivity contribution >= 4 is 29.3 Å². The van der Waals surface area contributed by atoms with Crippen LogP contribution in [0.2, 0.25) is 0 Å². The number of furan rings is 1. The normalized spacial score (nSPS) is 11.9. The number of hydrogen-bond donors (Lipinski definition) is 2. The molecular weight excluding hydrogens is 300 g/mol. The third kappa shape index (κ3) is 4.14. The molecular formula is C16H18N2O3S. The van der Waals surface area contributed by atoms with E-state index in [0.29, 0.717) is 23.4 Å². The predicted octanol–water partition coefficient (Wildman–Crippen LogP) is 3.03. The molecule has 0 aliphatic carbocycles. The molecule has 1 heterocycles. The lowest BCUT2D eigenvalue weighted by molar-refractivity contribution is -0.115. The molecule has 0 spiro atoms. The predicted molar refractivity (Wildman–Crippen MR) is 87.7 cm³/mol. The first-order valence-electron chi connectivity index (χ1n) is 6.95. The van der Waals surface area contributed by atoms with E-state index in [2.05, 4.69) is 5.32 Å². The van der Waals surface area contributed by atoms with Crippen LogP contribution in [0.15, 0.2) is 47.1 Å². The van der Waals surface area contributed by atoms with E-state index < -0.39 is 5.91 Å². The lowest BCUT2D eigenvalue weighted by Gasteiger charge is -2.15. The summed E-state index contributed by atoms with van der Waals surface area (Å²) in [5, 5.41) is 2.55. The Labute approximate surface area is 133 Å². The van der Waals surface area contributed by atoms with Crippen molar-refractivity contribution in [3.63, 3.8) is 0 Å². The summed E-state index contributed by atoms with van der Waals surface area (Å²) in [5.74, 6) is 0.741. The monoisotopic (exact) mass is 318 g/mol. The zero-order valence-electron chi connectivity index (χ0n) is 12.2. The summed E-state index contributed by atoms with van der Waals surface area (Å²) in [6.45, 7) is 1.94. The van der Waals surface area contributed by atoms with Crippen LogP contribution in [0.25, 0.3) is 0 Å². The van der Waals surface area contributed by atoms with Crippen LogP contribution in [0.4, 0.5) is 5.69 Å². The van der Waals surface area contributed by atoms with Crippen LogP contribution >= 0.6 is 11.8 Å². The van der Waals surface area contributed by atoms with Gasteiger partial charge in [0.15, 0.2) is 0 Å². The highest BCUT2D eigenvalue weighted by atomic mass is 32.2. The van der Waals surface area contributed by atoms with Gasteiger partial charge in [0.1, 0.15) is 5.76 Å². The topological polar surface area (TPSA) is 85.3 Å². The molecule has 2 rings (SSSR count). The third-order valence-corrected chi connectivity index (χ3v) is 4.52. The molecule has 0 aliphatic rings. The molecule has 1 atom stereocenters. The average Bonchev–Trinajstić information content (AvgIpc) is 3.01. The third-order valence-electron chi connectivity index (χ3n) is 3.12. The van der Waals surface area contributed by atoms with Crippen molar-refractivity contribution in [2.75, 3.05) is 5.32 Å². The Morgan fingerprint density at radius 2 is 2.05 bits per heavy atom. The molecule has 1 unspecified atom stereocenters. The number of nitrogens with one attached hydrogen (secondary N) is 1. The average molecular weight is 318 g/mol. The molecule has 0 fully saturated rings. The Bertz CT molecular complexity index is 641. The fourth-order valence-corrected chi connectivity index (χ4v) is 2.95. The molecule has 22 heavy (non-hydrogen) atoms. The van der Waals surface area contributed by atoms with Gasteiger partial charge in [-0.3, -0.25) is 9.59 Å². The fraction of sp³-hybridized carbons (Fsp3) is 0.250. The van der Waals surface area contributed by atoms with Crippen molar-refractivity contribution in [3.05, 3.63) is 54.0 Å². The van der Waals surface area contributed by atoms with Crippen molar-refractivity contribution in [3.8, 4) is 0 Å². The van der Waals surface area contributed by atoms with E-state index in [1.807, 2.05) is 19.1 Å². The van der Waals surface area contributed by atoms with Gasteiger partial charge in [0.2, 0.25) is 5.91 Å². The summed E-state index contributed by atoms with van der Waals surface area (Å²) in [4.78, 5) is 23.7. The standard InChI is InChI=1S/C16H18N2O3S/c1-2-14(22-10-11-6-5-9-21-11)16(20)18-13-8-4-3-7-12(13)15(17)19/h3-9,14H,2,10H2,1H3,(H2,17,19)(H,18,20). The Kier molecular flexibility index (Phi) is 5.66. The minimum Gasteiger partial charge on any atom is -0.468 e. The van der Waals surface area contributed by atoms with Gasteiger partial charge in [-0.25, -0.2) is 0 Å². The van der Waals surface area contributed by atoms with Crippen LogP contribution in [0.3, 0.4) is 0 Å². The first-order valence-corrected chi connectivity index (χ1v) is 8.00. The van der Waals surface area contributed by atoms with E-state index in [4.69, 9.17) is 10.2 Å². The van der Waals surface area contributed by atoms with E-state index in [1.54, 1.807) is 30.5 Å². The maximum absolute atomic E-state index is 12.4. The number of carbonyl (C=O) groups is 2. The number of hydrogen-bond acceptors (Lipinski definition) is 4. The van der Waals surface area contributed by atoms with E-state index in [9.17, 15) is 9.59 Å². The van der Waals surface area contributed by atoms with Crippen molar-refractivity contribution in [2.45, 2.75) is 24.3 Å². The van der Waals surface area contributed by atoms with Crippen molar-refractivity contribution in [1.29, 1.82) is 0 Å². The fourth-order valence-electron chi connectivity index (χ4n) is 1.98. The lowest BCUT2D eigenvalue weighted by Crippen LogP contribution is -2.26. The summed E-state index contributed by atoms with van der Waals surface area (Å²) in [6.07, 6.45) is 2.29.